The van der Waals surface area contributed by atoms with Gasteiger partial charge < -0.3 is 4.74 Å². The number of carbonyl (C=O) groups is 1. The fraction of sp³-hybridized carbons (Fsp3) is 0.467. The van der Waals surface area contributed by atoms with E-state index < -0.39 is 16.0 Å². The monoisotopic (exact) mass is 371 g/mol. The van der Waals surface area contributed by atoms with Gasteiger partial charge in [-0.05, 0) is 30.2 Å². The molecular formula is C15H21N3O4S2. The van der Waals surface area contributed by atoms with Crippen molar-refractivity contribution in [1.29, 1.82) is 0 Å². The zero-order valence-electron chi connectivity index (χ0n) is 14.0. The maximum Gasteiger partial charge on any atom is 0.349 e. The number of aryl methyl sites for hydroxylation is 1. The molecule has 2 N–H and O–H groups in total. The van der Waals surface area contributed by atoms with Gasteiger partial charge in [0, 0.05) is 11.8 Å². The Morgan fingerprint density at radius 2 is 2.21 bits per heavy atom. The Balaban J connectivity index is 2.30. The molecule has 0 saturated carbocycles. The molecule has 0 aromatic carbocycles. The van der Waals surface area contributed by atoms with Gasteiger partial charge in [0.2, 0.25) is 0 Å². The molecule has 2 rings (SSSR count). The molecule has 0 aliphatic rings. The minimum atomic E-state index is -3.93. The molecule has 0 radical (unpaired) electrons. The van der Waals surface area contributed by atoms with Crippen molar-refractivity contribution in [2.45, 2.75) is 44.4 Å². The lowest BCUT2D eigenvalue weighted by Gasteiger charge is -2.07. The second-order valence-electron chi connectivity index (χ2n) is 5.57. The smallest absolute Gasteiger partial charge is 0.349 e. The molecule has 1 atom stereocenters. The Kier molecular flexibility index (Phi) is 5.66. The number of nitrogens with zero attached hydrogens (tertiary/aromatic N) is 1. The van der Waals surface area contributed by atoms with Crippen molar-refractivity contribution >= 4 is 33.1 Å². The zero-order chi connectivity index (χ0) is 17.9. The number of thiophene rings is 1. The van der Waals surface area contributed by atoms with Crippen molar-refractivity contribution in [2.75, 3.05) is 11.8 Å². The second kappa shape index (κ2) is 7.35. The van der Waals surface area contributed by atoms with Crippen molar-refractivity contribution in [1.82, 2.24) is 10.2 Å². The summed E-state index contributed by atoms with van der Waals surface area (Å²) < 4.78 is 32.4. The molecular weight excluding hydrogens is 350 g/mol. The number of hydrogen-bond donors (Lipinski definition) is 2. The van der Waals surface area contributed by atoms with Crippen LogP contribution in [0.25, 0.3) is 0 Å². The number of sulfonamides is 1. The van der Waals surface area contributed by atoms with E-state index in [9.17, 15) is 13.2 Å². The Labute approximate surface area is 145 Å². The van der Waals surface area contributed by atoms with Crippen LogP contribution in [0.4, 0.5) is 5.82 Å². The van der Waals surface area contributed by atoms with Crippen LogP contribution in [0, 0.1) is 6.92 Å². The molecule has 0 bridgehead atoms. The number of methoxy groups -OCH3 is 1. The van der Waals surface area contributed by atoms with Crippen LogP contribution in [0.1, 0.15) is 53.5 Å². The standard InChI is InChI=1S/C15H21N3O4S2/c1-5-6-9(2)11-7-12(17-16-11)18-24(20,21)14-10(3)8-23-13(14)15(19)22-4/h7-9H,5-6H2,1-4H3,(H2,16,17,18). The first-order valence-electron chi connectivity index (χ1n) is 7.54. The lowest BCUT2D eigenvalue weighted by molar-refractivity contribution is 0.0602. The van der Waals surface area contributed by atoms with E-state index in [4.69, 9.17) is 0 Å². The first-order chi connectivity index (χ1) is 11.3. The Morgan fingerprint density at radius 1 is 1.50 bits per heavy atom. The van der Waals surface area contributed by atoms with Crippen LogP contribution in [0.3, 0.4) is 0 Å². The summed E-state index contributed by atoms with van der Waals surface area (Å²) >= 11 is 1.04. The topological polar surface area (TPSA) is 101 Å². The van der Waals surface area contributed by atoms with E-state index in [0.717, 1.165) is 29.9 Å². The highest BCUT2D eigenvalue weighted by molar-refractivity contribution is 7.93. The fourth-order valence-corrected chi connectivity index (χ4v) is 5.12. The zero-order valence-corrected chi connectivity index (χ0v) is 15.7. The predicted octanol–water partition coefficient (Wildman–Crippen LogP) is 3.27. The summed E-state index contributed by atoms with van der Waals surface area (Å²) in [6, 6.07) is 1.68. The summed E-state index contributed by atoms with van der Waals surface area (Å²) in [5, 5.41) is 8.48. The van der Waals surface area contributed by atoms with E-state index in [1.54, 1.807) is 18.4 Å². The van der Waals surface area contributed by atoms with Crippen LogP contribution in [-0.2, 0) is 14.8 Å². The Morgan fingerprint density at radius 3 is 2.83 bits per heavy atom. The van der Waals surface area contributed by atoms with Crippen LogP contribution < -0.4 is 4.72 Å². The third kappa shape index (κ3) is 3.78. The molecule has 0 aliphatic heterocycles. The Hall–Kier alpha value is -1.87. The highest BCUT2D eigenvalue weighted by Gasteiger charge is 2.28. The fourth-order valence-electron chi connectivity index (χ4n) is 2.42. The number of nitrogens with one attached hydrogen (secondary N) is 2. The SMILES string of the molecule is CCCC(C)c1cc(NS(=O)(=O)c2c(C)csc2C(=O)OC)n[nH]1. The maximum atomic E-state index is 12.7. The van der Waals surface area contributed by atoms with Crippen LogP contribution in [-0.4, -0.2) is 31.7 Å². The quantitative estimate of drug-likeness (QED) is 0.727. The minimum absolute atomic E-state index is 0.0533. The molecule has 0 saturated heterocycles. The summed E-state index contributed by atoms with van der Waals surface area (Å²) in [6.07, 6.45) is 2.00. The number of anilines is 1. The molecule has 1 unspecified atom stereocenters. The number of H-pyrrole nitrogens is 1. The lowest BCUT2D eigenvalue weighted by Crippen LogP contribution is -2.17. The van der Waals surface area contributed by atoms with Gasteiger partial charge in [0.15, 0.2) is 5.82 Å². The molecule has 2 aromatic rings. The van der Waals surface area contributed by atoms with Crippen molar-refractivity contribution in [3.05, 3.63) is 27.6 Å². The molecule has 0 spiro atoms. The molecule has 2 aromatic heterocycles. The van der Waals surface area contributed by atoms with Crippen molar-refractivity contribution < 1.29 is 17.9 Å². The number of rotatable bonds is 7. The molecule has 0 fully saturated rings. The van der Waals surface area contributed by atoms with Crippen LogP contribution >= 0.6 is 11.3 Å². The van der Waals surface area contributed by atoms with E-state index in [1.165, 1.54) is 7.11 Å². The van der Waals surface area contributed by atoms with Gasteiger partial charge in [-0.2, -0.15) is 5.10 Å². The number of aromatic amines is 1. The van der Waals surface area contributed by atoms with E-state index in [0.29, 0.717) is 5.56 Å². The molecule has 0 amide bonds. The average Bonchev–Trinajstić information content (AvgIpc) is 3.13. The number of carbonyl (C=O) groups excluding carboxylic acids is 1. The molecule has 24 heavy (non-hydrogen) atoms. The summed E-state index contributed by atoms with van der Waals surface area (Å²) in [5.41, 5.74) is 1.35. The van der Waals surface area contributed by atoms with Crippen LogP contribution in [0.5, 0.6) is 0 Å². The second-order valence-corrected chi connectivity index (χ2v) is 8.07. The first-order valence-corrected chi connectivity index (χ1v) is 9.91. The third-order valence-corrected chi connectivity index (χ3v) is 6.40. The molecule has 9 heteroatoms. The van der Waals surface area contributed by atoms with Gasteiger partial charge in [0.25, 0.3) is 10.0 Å². The lowest BCUT2D eigenvalue weighted by atomic mass is 10.0. The van der Waals surface area contributed by atoms with E-state index in [1.807, 2.05) is 6.92 Å². The highest BCUT2D eigenvalue weighted by Crippen LogP contribution is 2.29. The predicted molar refractivity (Wildman–Crippen MR) is 93.1 cm³/mol. The Bertz CT molecular complexity index is 824. The number of hydrogen-bond acceptors (Lipinski definition) is 6. The maximum absolute atomic E-state index is 12.7. The molecule has 0 aliphatic carbocycles. The number of esters is 1. The van der Waals surface area contributed by atoms with E-state index in [2.05, 4.69) is 26.6 Å². The van der Waals surface area contributed by atoms with E-state index >= 15 is 0 Å². The van der Waals surface area contributed by atoms with Crippen molar-refractivity contribution in [3.8, 4) is 0 Å². The van der Waals surface area contributed by atoms with Gasteiger partial charge in [-0.1, -0.05) is 20.3 Å². The highest BCUT2D eigenvalue weighted by atomic mass is 32.2. The minimum Gasteiger partial charge on any atom is -0.465 e. The normalized spacial score (nSPS) is 12.8. The summed E-state index contributed by atoms with van der Waals surface area (Å²) in [4.78, 5) is 11.8. The van der Waals surface area contributed by atoms with Crippen molar-refractivity contribution in [2.24, 2.45) is 0 Å². The molecule has 132 valence electrons. The first kappa shape index (κ1) is 18.5. The van der Waals surface area contributed by atoms with Gasteiger partial charge in [-0.15, -0.1) is 11.3 Å². The van der Waals surface area contributed by atoms with Gasteiger partial charge in [0.1, 0.15) is 9.77 Å². The van der Waals surface area contributed by atoms with E-state index in [-0.39, 0.29) is 21.5 Å². The third-order valence-electron chi connectivity index (χ3n) is 3.65. The summed E-state index contributed by atoms with van der Waals surface area (Å²) in [6.45, 7) is 5.77. The number of ether oxygens (including phenoxy) is 1. The average molecular weight is 371 g/mol. The summed E-state index contributed by atoms with van der Waals surface area (Å²) in [7, 11) is -2.72. The van der Waals surface area contributed by atoms with Crippen molar-refractivity contribution in [3.63, 3.8) is 0 Å². The summed E-state index contributed by atoms with van der Waals surface area (Å²) in [5.74, 6) is -0.212. The number of aromatic nitrogens is 2. The van der Waals surface area contributed by atoms with Gasteiger partial charge in [0.05, 0.1) is 7.11 Å². The van der Waals surface area contributed by atoms with Gasteiger partial charge in [-0.25, -0.2) is 13.2 Å². The van der Waals surface area contributed by atoms with Crippen LogP contribution in [0.15, 0.2) is 16.3 Å². The van der Waals surface area contributed by atoms with Crippen LogP contribution in [0.2, 0.25) is 0 Å². The molecule has 2 heterocycles. The van der Waals surface area contributed by atoms with Gasteiger partial charge >= 0.3 is 5.97 Å². The molecule has 7 nitrogen and oxygen atoms in total. The van der Waals surface area contributed by atoms with Gasteiger partial charge in [-0.3, -0.25) is 9.82 Å². The largest absolute Gasteiger partial charge is 0.465 e.